The molecule has 5 heteroatoms. The van der Waals surface area contributed by atoms with Crippen LogP contribution in [0.15, 0.2) is 33.5 Å². The highest BCUT2D eigenvalue weighted by molar-refractivity contribution is 5.81. The van der Waals surface area contributed by atoms with Gasteiger partial charge in [0.25, 0.3) is 0 Å². The molecule has 0 aliphatic carbocycles. The summed E-state index contributed by atoms with van der Waals surface area (Å²) in [5.74, 6) is 0.875. The Morgan fingerprint density at radius 3 is 2.85 bits per heavy atom. The van der Waals surface area contributed by atoms with Crippen LogP contribution in [0.1, 0.15) is 37.7 Å². The SMILES string of the molecule is CN(Cc1c(O)ccc2ccc(=O)oc12)C[C@@H]1CCCN2CCCC[C@H]12. The third-order valence-corrected chi connectivity index (χ3v) is 6.07. The number of hydrogen-bond acceptors (Lipinski definition) is 5. The van der Waals surface area contributed by atoms with E-state index in [-0.39, 0.29) is 11.4 Å². The molecule has 2 aliphatic heterocycles. The van der Waals surface area contributed by atoms with Crippen molar-refractivity contribution in [3.63, 3.8) is 0 Å². The molecule has 3 heterocycles. The largest absolute Gasteiger partial charge is 0.507 e. The molecule has 2 aromatic rings. The molecule has 1 aromatic heterocycles. The van der Waals surface area contributed by atoms with E-state index < -0.39 is 0 Å². The molecule has 2 saturated heterocycles. The maximum absolute atomic E-state index is 11.6. The number of aromatic hydroxyl groups is 1. The van der Waals surface area contributed by atoms with Crippen molar-refractivity contribution >= 4 is 11.0 Å². The highest BCUT2D eigenvalue weighted by Gasteiger charge is 2.33. The van der Waals surface area contributed by atoms with Crippen LogP contribution in [-0.2, 0) is 6.54 Å². The van der Waals surface area contributed by atoms with Gasteiger partial charge >= 0.3 is 5.63 Å². The fourth-order valence-electron chi connectivity index (χ4n) is 4.86. The van der Waals surface area contributed by atoms with Crippen molar-refractivity contribution in [1.82, 2.24) is 9.80 Å². The zero-order valence-electron chi connectivity index (χ0n) is 15.5. The summed E-state index contributed by atoms with van der Waals surface area (Å²) in [6, 6.07) is 7.36. The second-order valence-corrected chi connectivity index (χ2v) is 7.93. The van der Waals surface area contributed by atoms with E-state index in [1.54, 1.807) is 18.2 Å². The van der Waals surface area contributed by atoms with E-state index in [4.69, 9.17) is 4.42 Å². The molecule has 26 heavy (non-hydrogen) atoms. The topological polar surface area (TPSA) is 56.9 Å². The number of benzene rings is 1. The Labute approximate surface area is 154 Å². The van der Waals surface area contributed by atoms with Crippen molar-refractivity contribution in [2.24, 2.45) is 5.92 Å². The molecule has 5 nitrogen and oxygen atoms in total. The lowest BCUT2D eigenvalue weighted by atomic mass is 9.83. The number of nitrogens with zero attached hydrogens (tertiary/aromatic N) is 2. The van der Waals surface area contributed by atoms with Crippen LogP contribution in [0.4, 0.5) is 0 Å². The third-order valence-electron chi connectivity index (χ3n) is 6.07. The summed E-state index contributed by atoms with van der Waals surface area (Å²) in [5.41, 5.74) is 0.837. The van der Waals surface area contributed by atoms with Crippen LogP contribution < -0.4 is 5.63 Å². The molecule has 0 bridgehead atoms. The first-order valence-corrected chi connectivity index (χ1v) is 9.79. The molecular formula is C21H28N2O3. The molecular weight excluding hydrogens is 328 g/mol. The first-order valence-electron chi connectivity index (χ1n) is 9.79. The normalized spacial score (nSPS) is 24.1. The van der Waals surface area contributed by atoms with Crippen molar-refractivity contribution in [2.45, 2.75) is 44.7 Å². The Morgan fingerprint density at radius 2 is 1.96 bits per heavy atom. The Kier molecular flexibility index (Phi) is 5.00. The first kappa shape index (κ1) is 17.6. The van der Waals surface area contributed by atoms with Gasteiger partial charge in [-0.1, -0.05) is 6.42 Å². The van der Waals surface area contributed by atoms with Gasteiger partial charge in [-0.25, -0.2) is 4.79 Å². The van der Waals surface area contributed by atoms with Gasteiger partial charge in [-0.05, 0) is 69.9 Å². The molecule has 140 valence electrons. The Morgan fingerprint density at radius 1 is 1.15 bits per heavy atom. The number of phenolic OH excluding ortho intramolecular Hbond substituents is 1. The van der Waals surface area contributed by atoms with E-state index in [0.717, 1.165) is 11.9 Å². The van der Waals surface area contributed by atoms with E-state index in [9.17, 15) is 9.90 Å². The van der Waals surface area contributed by atoms with E-state index in [1.165, 1.54) is 51.3 Å². The van der Waals surface area contributed by atoms with Gasteiger partial charge in [-0.3, -0.25) is 0 Å². The second kappa shape index (κ2) is 7.41. The minimum Gasteiger partial charge on any atom is -0.507 e. The molecule has 1 N–H and O–H groups in total. The number of rotatable bonds is 4. The van der Waals surface area contributed by atoms with Gasteiger partial charge in [0.15, 0.2) is 0 Å². The average Bonchev–Trinajstić information content (AvgIpc) is 2.64. The monoisotopic (exact) mass is 356 g/mol. The minimum atomic E-state index is -0.378. The average molecular weight is 356 g/mol. The molecule has 4 rings (SSSR count). The lowest BCUT2D eigenvalue weighted by Crippen LogP contribution is -2.50. The van der Waals surface area contributed by atoms with Gasteiger partial charge in [0.05, 0.1) is 5.56 Å². The van der Waals surface area contributed by atoms with Gasteiger partial charge in [-0.15, -0.1) is 0 Å². The number of hydrogen-bond donors (Lipinski definition) is 1. The summed E-state index contributed by atoms with van der Waals surface area (Å²) >= 11 is 0. The second-order valence-electron chi connectivity index (χ2n) is 7.93. The highest BCUT2D eigenvalue weighted by atomic mass is 16.4. The van der Waals surface area contributed by atoms with Gasteiger partial charge in [0.2, 0.25) is 0 Å². The first-order chi connectivity index (χ1) is 12.6. The van der Waals surface area contributed by atoms with Crippen LogP contribution in [0.2, 0.25) is 0 Å². The van der Waals surface area contributed by atoms with Crippen LogP contribution in [-0.4, -0.2) is 47.6 Å². The van der Waals surface area contributed by atoms with Crippen LogP contribution in [0, 0.1) is 5.92 Å². The standard InChI is InChI=1S/C21H28N2O3/c1-22(13-16-5-4-12-23-11-3-2-6-18(16)23)14-17-19(24)9-7-15-8-10-20(25)26-21(15)17/h7-10,16,18,24H,2-6,11-14H2,1H3/t16-,18+/m0/s1. The van der Waals surface area contributed by atoms with Crippen molar-refractivity contribution in [3.05, 3.63) is 40.2 Å². The van der Waals surface area contributed by atoms with Crippen molar-refractivity contribution in [3.8, 4) is 5.75 Å². The highest BCUT2D eigenvalue weighted by Crippen LogP contribution is 2.32. The molecule has 0 radical (unpaired) electrons. The van der Waals surface area contributed by atoms with E-state index in [1.807, 2.05) is 0 Å². The molecule has 0 saturated carbocycles. The quantitative estimate of drug-likeness (QED) is 0.853. The molecule has 0 amide bonds. The van der Waals surface area contributed by atoms with Gasteiger partial charge in [0, 0.05) is 30.6 Å². The fourth-order valence-corrected chi connectivity index (χ4v) is 4.86. The number of piperidine rings is 2. The van der Waals surface area contributed by atoms with Crippen LogP contribution in [0.3, 0.4) is 0 Å². The summed E-state index contributed by atoms with van der Waals surface area (Å²) in [5, 5.41) is 11.2. The lowest BCUT2D eigenvalue weighted by molar-refractivity contribution is 0.0434. The summed E-state index contributed by atoms with van der Waals surface area (Å²) < 4.78 is 5.40. The molecule has 1 aromatic carbocycles. The number of fused-ring (bicyclic) bond motifs is 2. The minimum absolute atomic E-state index is 0.196. The maximum Gasteiger partial charge on any atom is 0.336 e. The predicted molar refractivity (Wildman–Crippen MR) is 102 cm³/mol. The molecule has 2 aliphatic rings. The van der Waals surface area contributed by atoms with E-state index in [0.29, 0.717) is 29.7 Å². The summed E-state index contributed by atoms with van der Waals surface area (Å²) in [6.45, 7) is 4.09. The zero-order chi connectivity index (χ0) is 18.1. The van der Waals surface area contributed by atoms with E-state index >= 15 is 0 Å². The maximum atomic E-state index is 11.6. The van der Waals surface area contributed by atoms with Crippen LogP contribution in [0.5, 0.6) is 5.75 Å². The molecule has 0 spiro atoms. The lowest BCUT2D eigenvalue weighted by Gasteiger charge is -2.45. The van der Waals surface area contributed by atoms with Gasteiger partial charge in [-0.2, -0.15) is 0 Å². The summed E-state index contributed by atoms with van der Waals surface area (Å²) in [7, 11) is 2.10. The predicted octanol–water partition coefficient (Wildman–Crippen LogP) is 3.19. The Bertz CT molecular complexity index is 830. The fraction of sp³-hybridized carbons (Fsp3) is 0.571. The van der Waals surface area contributed by atoms with Crippen molar-refractivity contribution in [1.29, 1.82) is 0 Å². The van der Waals surface area contributed by atoms with Crippen LogP contribution >= 0.6 is 0 Å². The Hall–Kier alpha value is -1.85. The van der Waals surface area contributed by atoms with Crippen molar-refractivity contribution in [2.75, 3.05) is 26.7 Å². The summed E-state index contributed by atoms with van der Waals surface area (Å²) in [4.78, 5) is 16.6. The van der Waals surface area contributed by atoms with Crippen molar-refractivity contribution < 1.29 is 9.52 Å². The van der Waals surface area contributed by atoms with Crippen LogP contribution in [0.25, 0.3) is 11.0 Å². The van der Waals surface area contributed by atoms with Gasteiger partial charge < -0.3 is 19.3 Å². The summed E-state index contributed by atoms with van der Waals surface area (Å²) in [6.07, 6.45) is 6.55. The molecule has 0 unspecified atom stereocenters. The molecule has 2 fully saturated rings. The molecule has 2 atom stereocenters. The smallest absolute Gasteiger partial charge is 0.336 e. The Balaban J connectivity index is 1.52. The zero-order valence-corrected chi connectivity index (χ0v) is 15.5. The van der Waals surface area contributed by atoms with Gasteiger partial charge in [0.1, 0.15) is 11.3 Å². The number of phenols is 1. The van der Waals surface area contributed by atoms with E-state index in [2.05, 4.69) is 16.8 Å². The third kappa shape index (κ3) is 3.51.